The summed E-state index contributed by atoms with van der Waals surface area (Å²) in [7, 11) is 0. The molecule has 1 aromatic heterocycles. The molecule has 0 aliphatic carbocycles. The molecule has 3 atom stereocenters. The lowest BCUT2D eigenvalue weighted by Crippen LogP contribution is -2.34. The molecule has 0 unspecified atom stereocenters. The zero-order valence-corrected chi connectivity index (χ0v) is 25.4. The summed E-state index contributed by atoms with van der Waals surface area (Å²) in [6, 6.07) is 25.3. The van der Waals surface area contributed by atoms with Crippen molar-refractivity contribution in [3.05, 3.63) is 114 Å². The molecule has 1 amide bonds. The van der Waals surface area contributed by atoms with E-state index in [1.165, 1.54) is 0 Å². The van der Waals surface area contributed by atoms with Gasteiger partial charge in [-0.3, -0.25) is 4.79 Å². The second kappa shape index (κ2) is 14.2. The van der Waals surface area contributed by atoms with E-state index < -0.39 is 16.0 Å². The van der Waals surface area contributed by atoms with Gasteiger partial charge in [0.05, 0.1) is 18.8 Å². The molecule has 218 valence electrons. The van der Waals surface area contributed by atoms with Crippen LogP contribution in [0.15, 0.2) is 96.4 Å². The Bertz CT molecular complexity index is 1470. The first-order chi connectivity index (χ1) is 20.3. The minimum absolute atomic E-state index is 0.0113. The molecular weight excluding hydrogens is 617 g/mol. The van der Waals surface area contributed by atoms with Crippen molar-refractivity contribution in [2.75, 3.05) is 5.75 Å². The van der Waals surface area contributed by atoms with Crippen molar-refractivity contribution in [3.8, 4) is 11.1 Å². The number of hydrogen-bond acceptors (Lipinski definition) is 7. The van der Waals surface area contributed by atoms with Gasteiger partial charge in [-0.2, -0.15) is 0 Å². The molecule has 0 spiro atoms. The van der Waals surface area contributed by atoms with Gasteiger partial charge >= 0.3 is 0 Å². The summed E-state index contributed by atoms with van der Waals surface area (Å²) < 4.78 is 10.9. The first-order valence-electron chi connectivity index (χ1n) is 13.2. The topological polar surface area (TPSA) is 93.6 Å². The van der Waals surface area contributed by atoms with Gasteiger partial charge in [-0.25, -0.2) is 9.97 Å². The standard InChI is InChI=1S/C31H28Cl3N3O4S/c32-31(33,34)29(39)37-17-24-4-1-2-5-26(24)21-10-12-23(13-11-21)28-40-25(19-42-30-35-14-3-15-36-30)16-27(41-28)22-8-6-20(18-38)7-9-22/h1-15,25,27-28,38H,16-19H2,(H,37,39)/t25-,27+,28+/m1/s1. The molecule has 7 nitrogen and oxygen atoms in total. The number of carbonyl (C=O) groups excluding carboxylic acids is 1. The number of ether oxygens (including phenoxy) is 2. The van der Waals surface area contributed by atoms with Gasteiger partial charge in [0.1, 0.15) is 0 Å². The van der Waals surface area contributed by atoms with Crippen LogP contribution in [-0.2, 0) is 27.4 Å². The van der Waals surface area contributed by atoms with E-state index in [9.17, 15) is 9.90 Å². The van der Waals surface area contributed by atoms with Crippen molar-refractivity contribution in [2.45, 2.75) is 47.0 Å². The lowest BCUT2D eigenvalue weighted by molar-refractivity contribution is -0.245. The lowest BCUT2D eigenvalue weighted by Gasteiger charge is -2.36. The van der Waals surface area contributed by atoms with Gasteiger partial charge in [-0.1, -0.05) is 119 Å². The highest BCUT2D eigenvalue weighted by molar-refractivity contribution is 7.99. The van der Waals surface area contributed by atoms with E-state index >= 15 is 0 Å². The summed E-state index contributed by atoms with van der Waals surface area (Å²) in [5.41, 5.74) is 5.52. The van der Waals surface area contributed by atoms with E-state index in [-0.39, 0.29) is 25.4 Å². The molecule has 11 heteroatoms. The second-order valence-corrected chi connectivity index (χ2v) is 12.9. The largest absolute Gasteiger partial charge is 0.392 e. The highest BCUT2D eigenvalue weighted by atomic mass is 35.6. The zero-order valence-electron chi connectivity index (χ0n) is 22.3. The van der Waals surface area contributed by atoms with Crippen molar-refractivity contribution in [1.82, 2.24) is 15.3 Å². The van der Waals surface area contributed by atoms with Gasteiger partial charge in [-0.05, 0) is 33.9 Å². The molecule has 5 rings (SSSR count). The van der Waals surface area contributed by atoms with Crippen LogP contribution < -0.4 is 5.32 Å². The van der Waals surface area contributed by atoms with Crippen LogP contribution in [-0.4, -0.2) is 36.6 Å². The van der Waals surface area contributed by atoms with Crippen LogP contribution in [0.25, 0.3) is 11.1 Å². The lowest BCUT2D eigenvalue weighted by atomic mass is 9.98. The number of aliphatic hydroxyl groups excluding tert-OH is 1. The number of nitrogens with zero attached hydrogens (tertiary/aromatic N) is 2. The van der Waals surface area contributed by atoms with Gasteiger partial charge in [0.2, 0.25) is 0 Å². The maximum absolute atomic E-state index is 12.1. The van der Waals surface area contributed by atoms with E-state index in [1.54, 1.807) is 30.2 Å². The fraction of sp³-hybridized carbons (Fsp3) is 0.258. The Morgan fingerprint density at radius 1 is 0.929 bits per heavy atom. The van der Waals surface area contributed by atoms with Crippen LogP contribution >= 0.6 is 46.6 Å². The number of alkyl halides is 3. The first kappa shape index (κ1) is 30.8. The minimum atomic E-state index is -2.03. The SMILES string of the molecule is O=C(NCc1ccccc1-c1ccc([C@H]2O[C@@H](CSc3ncccn3)C[C@@H](c3ccc(CO)cc3)O2)cc1)C(Cl)(Cl)Cl. The van der Waals surface area contributed by atoms with E-state index in [4.69, 9.17) is 44.3 Å². The summed E-state index contributed by atoms with van der Waals surface area (Å²) in [6.07, 6.45) is 3.23. The Balaban J connectivity index is 1.34. The predicted molar refractivity (Wildman–Crippen MR) is 165 cm³/mol. The van der Waals surface area contributed by atoms with Crippen LogP contribution in [0, 0.1) is 0 Å². The number of carbonyl (C=O) groups is 1. The van der Waals surface area contributed by atoms with Gasteiger partial charge in [-0.15, -0.1) is 0 Å². The van der Waals surface area contributed by atoms with Crippen LogP contribution in [0.5, 0.6) is 0 Å². The fourth-order valence-corrected chi connectivity index (χ4v) is 5.62. The average Bonchev–Trinajstić information content (AvgIpc) is 3.03. The summed E-state index contributed by atoms with van der Waals surface area (Å²) in [6.45, 7) is 0.198. The Hall–Kier alpha value is -2.69. The number of nitrogens with one attached hydrogen (secondary N) is 1. The summed E-state index contributed by atoms with van der Waals surface area (Å²) in [5.74, 6) is -0.0168. The van der Waals surface area contributed by atoms with Crippen LogP contribution in [0.2, 0.25) is 0 Å². The van der Waals surface area contributed by atoms with E-state index in [1.807, 2.05) is 72.8 Å². The predicted octanol–water partition coefficient (Wildman–Crippen LogP) is 6.96. The maximum Gasteiger partial charge on any atom is 0.272 e. The smallest absolute Gasteiger partial charge is 0.272 e. The number of halogens is 3. The molecule has 0 saturated carbocycles. The summed E-state index contributed by atoms with van der Waals surface area (Å²) >= 11 is 18.6. The molecule has 1 fully saturated rings. The summed E-state index contributed by atoms with van der Waals surface area (Å²) in [5, 5.41) is 12.8. The van der Waals surface area contributed by atoms with Crippen LogP contribution in [0.4, 0.5) is 0 Å². The van der Waals surface area contributed by atoms with Crippen molar-refractivity contribution >= 4 is 52.5 Å². The Morgan fingerprint density at radius 3 is 2.31 bits per heavy atom. The Kier molecular flexibility index (Phi) is 10.4. The van der Waals surface area contributed by atoms with Crippen molar-refractivity contribution in [3.63, 3.8) is 0 Å². The normalized spacial score (nSPS) is 18.9. The molecular formula is C31H28Cl3N3O4S. The van der Waals surface area contributed by atoms with Crippen molar-refractivity contribution < 1.29 is 19.4 Å². The third-order valence-corrected chi connectivity index (χ3v) is 8.29. The van der Waals surface area contributed by atoms with Gasteiger partial charge in [0.25, 0.3) is 9.70 Å². The van der Waals surface area contributed by atoms with E-state index in [2.05, 4.69) is 15.3 Å². The van der Waals surface area contributed by atoms with E-state index in [0.717, 1.165) is 33.4 Å². The van der Waals surface area contributed by atoms with Gasteiger partial charge in [0, 0.05) is 36.7 Å². The molecule has 42 heavy (non-hydrogen) atoms. The third kappa shape index (κ3) is 8.02. The number of aromatic nitrogens is 2. The molecule has 2 N–H and O–H groups in total. The van der Waals surface area contributed by atoms with Crippen molar-refractivity contribution in [2.24, 2.45) is 0 Å². The number of hydrogen-bond donors (Lipinski definition) is 2. The highest BCUT2D eigenvalue weighted by Gasteiger charge is 2.33. The van der Waals surface area contributed by atoms with Crippen LogP contribution in [0.3, 0.4) is 0 Å². The van der Waals surface area contributed by atoms with Crippen molar-refractivity contribution in [1.29, 1.82) is 0 Å². The second-order valence-electron chi connectivity index (χ2n) is 9.65. The molecule has 2 heterocycles. The minimum Gasteiger partial charge on any atom is -0.392 e. The fourth-order valence-electron chi connectivity index (χ4n) is 4.60. The van der Waals surface area contributed by atoms with Crippen LogP contribution in [0.1, 0.15) is 41.1 Å². The summed E-state index contributed by atoms with van der Waals surface area (Å²) in [4.78, 5) is 20.7. The Morgan fingerprint density at radius 2 is 1.62 bits per heavy atom. The molecule has 1 aliphatic rings. The molecule has 1 aliphatic heterocycles. The Labute approximate surface area is 263 Å². The first-order valence-corrected chi connectivity index (χ1v) is 15.4. The maximum atomic E-state index is 12.1. The number of aliphatic hydroxyl groups is 1. The zero-order chi connectivity index (χ0) is 29.5. The van der Waals surface area contributed by atoms with Gasteiger partial charge in [0.15, 0.2) is 11.4 Å². The number of thioether (sulfide) groups is 1. The molecule has 0 bridgehead atoms. The molecule has 0 radical (unpaired) electrons. The van der Waals surface area contributed by atoms with Gasteiger partial charge < -0.3 is 19.9 Å². The number of rotatable bonds is 9. The number of amides is 1. The highest BCUT2D eigenvalue weighted by Crippen LogP contribution is 2.40. The molecule has 1 saturated heterocycles. The molecule has 3 aromatic carbocycles. The quantitative estimate of drug-likeness (QED) is 0.116. The third-order valence-electron chi connectivity index (χ3n) is 6.76. The number of benzene rings is 3. The average molecular weight is 645 g/mol. The van der Waals surface area contributed by atoms with E-state index in [0.29, 0.717) is 17.3 Å². The monoisotopic (exact) mass is 643 g/mol. The molecule has 4 aromatic rings.